The van der Waals surface area contributed by atoms with E-state index in [-0.39, 0.29) is 0 Å². The molecule has 0 bridgehead atoms. The highest BCUT2D eigenvalue weighted by molar-refractivity contribution is 5.05. The van der Waals surface area contributed by atoms with Crippen molar-refractivity contribution in [3.05, 3.63) is 12.3 Å². The predicted molar refractivity (Wildman–Crippen MR) is 30.6 cm³/mol. The van der Waals surface area contributed by atoms with Crippen molar-refractivity contribution < 1.29 is 0 Å². The molecule has 0 aromatic heterocycles. The first kappa shape index (κ1) is 4.69. The molecule has 2 atom stereocenters. The molecule has 1 heteroatoms. The molecule has 1 fully saturated rings. The maximum absolute atomic E-state index is 5.39. The SMILES string of the molecule is C=C(N)C1C[C@H]1C. The zero-order valence-corrected chi connectivity index (χ0v) is 4.65. The van der Waals surface area contributed by atoms with Gasteiger partial charge in [0.1, 0.15) is 0 Å². The number of rotatable bonds is 1. The summed E-state index contributed by atoms with van der Waals surface area (Å²) < 4.78 is 0. The van der Waals surface area contributed by atoms with Crippen LogP contribution in [0, 0.1) is 11.8 Å². The van der Waals surface area contributed by atoms with E-state index in [2.05, 4.69) is 13.5 Å². The summed E-state index contributed by atoms with van der Waals surface area (Å²) in [5.41, 5.74) is 6.26. The molecule has 2 N–H and O–H groups in total. The molecular weight excluding hydrogens is 86.1 g/mol. The van der Waals surface area contributed by atoms with Crippen molar-refractivity contribution in [3.8, 4) is 0 Å². The van der Waals surface area contributed by atoms with Gasteiger partial charge < -0.3 is 5.73 Å². The maximum Gasteiger partial charge on any atom is 0.00418 e. The second-order valence-electron chi connectivity index (χ2n) is 2.39. The molecule has 1 rings (SSSR count). The van der Waals surface area contributed by atoms with Gasteiger partial charge in [-0.25, -0.2) is 0 Å². The summed E-state index contributed by atoms with van der Waals surface area (Å²) >= 11 is 0. The summed E-state index contributed by atoms with van der Waals surface area (Å²) in [6, 6.07) is 0. The Labute approximate surface area is 44.2 Å². The molecular formula is C6H11N. The van der Waals surface area contributed by atoms with Crippen LogP contribution in [0.3, 0.4) is 0 Å². The highest BCUT2D eigenvalue weighted by Gasteiger charge is 2.33. The summed E-state index contributed by atoms with van der Waals surface area (Å²) in [6.45, 7) is 5.84. The van der Waals surface area contributed by atoms with Gasteiger partial charge >= 0.3 is 0 Å². The van der Waals surface area contributed by atoms with E-state index in [4.69, 9.17) is 5.73 Å². The van der Waals surface area contributed by atoms with Crippen LogP contribution in [0.2, 0.25) is 0 Å². The molecule has 0 spiro atoms. The van der Waals surface area contributed by atoms with Gasteiger partial charge in [0.2, 0.25) is 0 Å². The minimum atomic E-state index is 0.653. The van der Waals surface area contributed by atoms with Crippen molar-refractivity contribution in [3.63, 3.8) is 0 Å². The van der Waals surface area contributed by atoms with E-state index in [0.717, 1.165) is 11.6 Å². The Morgan fingerprint density at radius 1 is 1.86 bits per heavy atom. The van der Waals surface area contributed by atoms with Gasteiger partial charge in [0.05, 0.1) is 0 Å². The van der Waals surface area contributed by atoms with E-state index < -0.39 is 0 Å². The molecule has 1 aliphatic carbocycles. The van der Waals surface area contributed by atoms with Crippen LogP contribution in [-0.4, -0.2) is 0 Å². The molecule has 0 aromatic carbocycles. The lowest BCUT2D eigenvalue weighted by atomic mass is 10.3. The third-order valence-electron chi connectivity index (χ3n) is 1.59. The van der Waals surface area contributed by atoms with Gasteiger partial charge in [-0.3, -0.25) is 0 Å². The average Bonchev–Trinajstić information content (AvgIpc) is 2.17. The lowest BCUT2D eigenvalue weighted by molar-refractivity contribution is 0.849. The maximum atomic E-state index is 5.39. The highest BCUT2D eigenvalue weighted by Crippen LogP contribution is 2.40. The average molecular weight is 97.2 g/mol. The van der Waals surface area contributed by atoms with E-state index in [9.17, 15) is 0 Å². The van der Waals surface area contributed by atoms with Crippen LogP contribution in [0.4, 0.5) is 0 Å². The lowest BCUT2D eigenvalue weighted by Gasteiger charge is -1.88. The van der Waals surface area contributed by atoms with Crippen molar-refractivity contribution in [2.45, 2.75) is 13.3 Å². The minimum absolute atomic E-state index is 0.653. The summed E-state index contributed by atoms with van der Waals surface area (Å²) in [6.07, 6.45) is 1.26. The van der Waals surface area contributed by atoms with Gasteiger partial charge in [-0.05, 0) is 12.3 Å². The summed E-state index contributed by atoms with van der Waals surface area (Å²) in [5.74, 6) is 1.47. The van der Waals surface area contributed by atoms with Crippen LogP contribution in [0.15, 0.2) is 12.3 Å². The highest BCUT2D eigenvalue weighted by atomic mass is 14.6. The van der Waals surface area contributed by atoms with Crippen LogP contribution in [-0.2, 0) is 0 Å². The molecule has 0 aromatic rings. The second-order valence-corrected chi connectivity index (χ2v) is 2.39. The lowest BCUT2D eigenvalue weighted by Crippen LogP contribution is -1.96. The van der Waals surface area contributed by atoms with Crippen molar-refractivity contribution in [1.29, 1.82) is 0 Å². The molecule has 0 radical (unpaired) electrons. The first-order chi connectivity index (χ1) is 3.22. The van der Waals surface area contributed by atoms with Gasteiger partial charge in [0, 0.05) is 11.6 Å². The van der Waals surface area contributed by atoms with E-state index in [1.807, 2.05) is 0 Å². The number of nitrogens with two attached hydrogens (primary N) is 1. The molecule has 40 valence electrons. The molecule has 1 saturated carbocycles. The van der Waals surface area contributed by atoms with Crippen molar-refractivity contribution in [2.24, 2.45) is 17.6 Å². The van der Waals surface area contributed by atoms with Crippen LogP contribution in [0.1, 0.15) is 13.3 Å². The number of hydrogen-bond donors (Lipinski definition) is 1. The Hall–Kier alpha value is -0.460. The molecule has 1 aliphatic rings. The largest absolute Gasteiger partial charge is 0.402 e. The normalized spacial score (nSPS) is 37.9. The molecule has 0 amide bonds. The van der Waals surface area contributed by atoms with Gasteiger partial charge in [-0.2, -0.15) is 0 Å². The van der Waals surface area contributed by atoms with Gasteiger partial charge in [0.15, 0.2) is 0 Å². The van der Waals surface area contributed by atoms with E-state index >= 15 is 0 Å². The van der Waals surface area contributed by atoms with Gasteiger partial charge in [-0.15, -0.1) is 0 Å². The van der Waals surface area contributed by atoms with Crippen molar-refractivity contribution >= 4 is 0 Å². The first-order valence-corrected chi connectivity index (χ1v) is 2.66. The Kier molecular flexibility index (Phi) is 0.841. The standard InChI is InChI=1S/C6H11N/c1-4-3-6(4)5(2)7/h4,6H,2-3,7H2,1H3/t4-,6?/m1/s1. The Balaban J connectivity index is 2.33. The van der Waals surface area contributed by atoms with Gasteiger partial charge in [-0.1, -0.05) is 13.5 Å². The van der Waals surface area contributed by atoms with Crippen molar-refractivity contribution in [2.75, 3.05) is 0 Å². The molecule has 7 heavy (non-hydrogen) atoms. The van der Waals surface area contributed by atoms with E-state index in [1.54, 1.807) is 0 Å². The smallest absolute Gasteiger partial charge is 0.00418 e. The molecule has 0 aliphatic heterocycles. The zero-order chi connectivity index (χ0) is 5.44. The van der Waals surface area contributed by atoms with Crippen LogP contribution >= 0.6 is 0 Å². The predicted octanol–water partition coefficient (Wildman–Crippen LogP) is 1.11. The van der Waals surface area contributed by atoms with Crippen molar-refractivity contribution in [1.82, 2.24) is 0 Å². The Bertz CT molecular complexity index is 96.4. The monoisotopic (exact) mass is 97.1 g/mol. The summed E-state index contributed by atoms with van der Waals surface area (Å²) in [5, 5.41) is 0. The molecule has 1 unspecified atom stereocenters. The Morgan fingerprint density at radius 3 is 2.29 bits per heavy atom. The topological polar surface area (TPSA) is 26.0 Å². The van der Waals surface area contributed by atoms with E-state index in [0.29, 0.717) is 5.92 Å². The molecule has 0 heterocycles. The van der Waals surface area contributed by atoms with E-state index in [1.165, 1.54) is 6.42 Å². The quantitative estimate of drug-likeness (QED) is 0.521. The molecule has 1 nitrogen and oxygen atoms in total. The first-order valence-electron chi connectivity index (χ1n) is 2.66. The fourth-order valence-corrected chi connectivity index (χ4v) is 0.839. The van der Waals surface area contributed by atoms with Gasteiger partial charge in [0.25, 0.3) is 0 Å². The minimum Gasteiger partial charge on any atom is -0.402 e. The number of allylic oxidation sites excluding steroid dienone is 1. The Morgan fingerprint density at radius 2 is 2.29 bits per heavy atom. The fourth-order valence-electron chi connectivity index (χ4n) is 0.839. The number of hydrogen-bond acceptors (Lipinski definition) is 1. The molecule has 0 saturated heterocycles. The third-order valence-corrected chi connectivity index (χ3v) is 1.59. The zero-order valence-electron chi connectivity index (χ0n) is 4.65. The van der Waals surface area contributed by atoms with Crippen LogP contribution in [0.25, 0.3) is 0 Å². The van der Waals surface area contributed by atoms with Crippen LogP contribution in [0.5, 0.6) is 0 Å². The third kappa shape index (κ3) is 0.763. The fraction of sp³-hybridized carbons (Fsp3) is 0.667. The summed E-state index contributed by atoms with van der Waals surface area (Å²) in [4.78, 5) is 0. The van der Waals surface area contributed by atoms with Crippen LogP contribution < -0.4 is 5.73 Å². The second kappa shape index (κ2) is 1.25. The summed E-state index contributed by atoms with van der Waals surface area (Å²) in [7, 11) is 0.